The second kappa shape index (κ2) is 3.05. The van der Waals surface area contributed by atoms with Crippen LogP contribution in [-0.4, -0.2) is 18.1 Å². The van der Waals surface area contributed by atoms with Crippen LogP contribution < -0.4 is 0 Å². The molecule has 3 nitrogen and oxygen atoms in total. The Labute approximate surface area is 87.1 Å². The maximum absolute atomic E-state index is 11.2. The Balaban J connectivity index is 2.15. The van der Waals surface area contributed by atoms with Crippen LogP contribution >= 0.6 is 11.3 Å². The standard InChI is InChI=1S/C10H13NO2S/c1-10(2)4-6(10)8-11-7(5-14-8)9(12)13-3/h5-6H,4H2,1-3H3. The number of carbonyl (C=O) groups is 1. The van der Waals surface area contributed by atoms with Crippen LogP contribution in [0.2, 0.25) is 0 Å². The van der Waals surface area contributed by atoms with Crippen LogP contribution in [0.1, 0.15) is 41.7 Å². The highest BCUT2D eigenvalue weighted by Gasteiger charge is 2.48. The van der Waals surface area contributed by atoms with Crippen LogP contribution in [0.25, 0.3) is 0 Å². The van der Waals surface area contributed by atoms with Crippen molar-refractivity contribution in [2.45, 2.75) is 26.2 Å². The summed E-state index contributed by atoms with van der Waals surface area (Å²) in [5.41, 5.74) is 0.806. The first-order valence-corrected chi connectivity index (χ1v) is 5.46. The highest BCUT2D eigenvalue weighted by atomic mass is 32.1. The zero-order valence-electron chi connectivity index (χ0n) is 8.53. The predicted molar refractivity (Wildman–Crippen MR) is 54.6 cm³/mol. The quantitative estimate of drug-likeness (QED) is 0.705. The van der Waals surface area contributed by atoms with Gasteiger partial charge in [0.2, 0.25) is 0 Å². The number of hydrogen-bond acceptors (Lipinski definition) is 4. The van der Waals surface area contributed by atoms with Gasteiger partial charge in [-0.05, 0) is 11.8 Å². The van der Waals surface area contributed by atoms with Crippen molar-refractivity contribution in [2.75, 3.05) is 7.11 Å². The van der Waals surface area contributed by atoms with E-state index in [1.165, 1.54) is 13.5 Å². The maximum Gasteiger partial charge on any atom is 0.357 e. The van der Waals surface area contributed by atoms with E-state index in [2.05, 4.69) is 23.6 Å². The van der Waals surface area contributed by atoms with Crippen molar-refractivity contribution in [1.82, 2.24) is 4.98 Å². The molecule has 4 heteroatoms. The Kier molecular flexibility index (Phi) is 2.10. The number of nitrogens with zero attached hydrogens (tertiary/aromatic N) is 1. The van der Waals surface area contributed by atoms with Gasteiger partial charge in [-0.2, -0.15) is 0 Å². The summed E-state index contributed by atoms with van der Waals surface area (Å²) in [5, 5.41) is 2.84. The van der Waals surface area contributed by atoms with E-state index in [-0.39, 0.29) is 5.97 Å². The van der Waals surface area contributed by atoms with E-state index >= 15 is 0 Å². The van der Waals surface area contributed by atoms with Crippen molar-refractivity contribution >= 4 is 17.3 Å². The van der Waals surface area contributed by atoms with E-state index in [0.717, 1.165) is 5.01 Å². The first-order chi connectivity index (χ1) is 6.54. The van der Waals surface area contributed by atoms with Gasteiger partial charge in [0.25, 0.3) is 0 Å². The number of aromatic nitrogens is 1. The Hall–Kier alpha value is -0.900. The molecule has 14 heavy (non-hydrogen) atoms. The van der Waals surface area contributed by atoms with Crippen molar-refractivity contribution in [3.63, 3.8) is 0 Å². The second-order valence-corrected chi connectivity index (χ2v) is 5.20. The molecule has 1 fully saturated rings. The lowest BCUT2D eigenvalue weighted by Gasteiger charge is -1.97. The minimum atomic E-state index is -0.342. The summed E-state index contributed by atoms with van der Waals surface area (Å²) in [7, 11) is 1.38. The van der Waals surface area contributed by atoms with Crippen molar-refractivity contribution in [3.05, 3.63) is 16.1 Å². The molecule has 1 aliphatic rings. The Morgan fingerprint density at radius 2 is 2.36 bits per heavy atom. The third kappa shape index (κ3) is 1.54. The number of carbonyl (C=O) groups excluding carboxylic acids is 1. The third-order valence-electron chi connectivity index (χ3n) is 2.73. The van der Waals surface area contributed by atoms with Crippen LogP contribution in [0.4, 0.5) is 0 Å². The second-order valence-electron chi connectivity index (χ2n) is 4.31. The molecule has 1 aliphatic carbocycles. The molecule has 1 saturated carbocycles. The van der Waals surface area contributed by atoms with Gasteiger partial charge in [-0.1, -0.05) is 13.8 Å². The normalized spacial score (nSPS) is 23.2. The molecule has 0 N–H and O–H groups in total. The van der Waals surface area contributed by atoms with Gasteiger partial charge in [0.1, 0.15) is 0 Å². The Morgan fingerprint density at radius 3 is 2.86 bits per heavy atom. The van der Waals surface area contributed by atoms with E-state index in [1.54, 1.807) is 16.7 Å². The summed E-state index contributed by atoms with van der Waals surface area (Å²) in [6, 6.07) is 0. The first-order valence-electron chi connectivity index (χ1n) is 4.58. The van der Waals surface area contributed by atoms with E-state index in [4.69, 9.17) is 0 Å². The fourth-order valence-corrected chi connectivity index (χ4v) is 2.63. The van der Waals surface area contributed by atoms with Gasteiger partial charge >= 0.3 is 5.97 Å². The van der Waals surface area contributed by atoms with Gasteiger partial charge < -0.3 is 4.74 Å². The third-order valence-corrected chi connectivity index (χ3v) is 3.69. The summed E-state index contributed by atoms with van der Waals surface area (Å²) < 4.78 is 4.61. The highest BCUT2D eigenvalue weighted by molar-refractivity contribution is 7.10. The van der Waals surface area contributed by atoms with Crippen molar-refractivity contribution < 1.29 is 9.53 Å². The van der Waals surface area contributed by atoms with Crippen LogP contribution in [0.5, 0.6) is 0 Å². The summed E-state index contributed by atoms with van der Waals surface area (Å²) in [6.45, 7) is 4.44. The van der Waals surface area contributed by atoms with Gasteiger partial charge in [-0.3, -0.25) is 0 Å². The molecule has 0 radical (unpaired) electrons. The molecule has 1 aromatic heterocycles. The van der Waals surface area contributed by atoms with Gasteiger partial charge in [0.05, 0.1) is 12.1 Å². The summed E-state index contributed by atoms with van der Waals surface area (Å²) in [5.74, 6) is 0.192. The Bertz CT molecular complexity index is 370. The minimum absolute atomic E-state index is 0.342. The molecule has 0 saturated heterocycles. The lowest BCUT2D eigenvalue weighted by Crippen LogP contribution is -2.01. The maximum atomic E-state index is 11.2. The zero-order valence-corrected chi connectivity index (χ0v) is 9.35. The van der Waals surface area contributed by atoms with E-state index in [1.807, 2.05) is 0 Å². The molecular weight excluding hydrogens is 198 g/mol. The molecule has 1 heterocycles. The number of thiazole rings is 1. The summed E-state index contributed by atoms with van der Waals surface area (Å²) in [6.07, 6.45) is 1.17. The summed E-state index contributed by atoms with van der Waals surface area (Å²) in [4.78, 5) is 15.4. The van der Waals surface area contributed by atoms with Crippen molar-refractivity contribution in [1.29, 1.82) is 0 Å². The molecule has 0 amide bonds. The number of rotatable bonds is 2. The topological polar surface area (TPSA) is 39.2 Å². The average molecular weight is 211 g/mol. The summed E-state index contributed by atoms with van der Waals surface area (Å²) >= 11 is 1.55. The smallest absolute Gasteiger partial charge is 0.357 e. The van der Waals surface area contributed by atoms with E-state index in [9.17, 15) is 4.79 Å². The van der Waals surface area contributed by atoms with Gasteiger partial charge in [0, 0.05) is 11.3 Å². The molecule has 0 aliphatic heterocycles. The van der Waals surface area contributed by atoms with E-state index in [0.29, 0.717) is 17.0 Å². The number of hydrogen-bond donors (Lipinski definition) is 0. The molecule has 1 aromatic rings. The van der Waals surface area contributed by atoms with Gasteiger partial charge in [-0.15, -0.1) is 11.3 Å². The van der Waals surface area contributed by atoms with Gasteiger partial charge in [-0.25, -0.2) is 9.78 Å². The SMILES string of the molecule is COC(=O)c1csc(C2CC2(C)C)n1. The monoisotopic (exact) mass is 211 g/mol. The van der Waals surface area contributed by atoms with Crippen molar-refractivity contribution in [3.8, 4) is 0 Å². The van der Waals surface area contributed by atoms with Crippen LogP contribution in [-0.2, 0) is 4.74 Å². The van der Waals surface area contributed by atoms with E-state index < -0.39 is 0 Å². The van der Waals surface area contributed by atoms with Crippen LogP contribution in [0.15, 0.2) is 5.38 Å². The molecule has 0 aromatic carbocycles. The molecule has 2 rings (SSSR count). The fraction of sp³-hybridized carbons (Fsp3) is 0.600. The Morgan fingerprint density at radius 1 is 1.71 bits per heavy atom. The lowest BCUT2D eigenvalue weighted by molar-refractivity contribution is 0.0594. The molecule has 0 bridgehead atoms. The van der Waals surface area contributed by atoms with Crippen LogP contribution in [0.3, 0.4) is 0 Å². The molecular formula is C10H13NO2S. The highest BCUT2D eigenvalue weighted by Crippen LogP contribution is 2.59. The zero-order chi connectivity index (χ0) is 10.3. The minimum Gasteiger partial charge on any atom is -0.464 e. The van der Waals surface area contributed by atoms with Crippen LogP contribution in [0, 0.1) is 5.41 Å². The fourth-order valence-electron chi connectivity index (χ4n) is 1.53. The first kappa shape index (κ1) is 9.65. The molecule has 1 unspecified atom stereocenters. The predicted octanol–water partition coefficient (Wildman–Crippen LogP) is 2.44. The number of ether oxygens (including phenoxy) is 1. The molecule has 76 valence electrons. The lowest BCUT2D eigenvalue weighted by atomic mass is 10.1. The average Bonchev–Trinajstić information content (AvgIpc) is 2.64. The van der Waals surface area contributed by atoms with Gasteiger partial charge in [0.15, 0.2) is 5.69 Å². The number of methoxy groups -OCH3 is 1. The molecule has 0 spiro atoms. The van der Waals surface area contributed by atoms with Crippen molar-refractivity contribution in [2.24, 2.45) is 5.41 Å². The largest absolute Gasteiger partial charge is 0.464 e. The molecule has 1 atom stereocenters. The number of esters is 1.